The molecule has 1 saturated carbocycles. The second-order valence-electron chi connectivity index (χ2n) is 6.99. The van der Waals surface area contributed by atoms with Crippen LogP contribution < -0.4 is 9.62 Å². The van der Waals surface area contributed by atoms with Crippen LogP contribution >= 0.6 is 0 Å². The molecule has 0 aliphatic heterocycles. The maximum atomic E-state index is 12.3. The quantitative estimate of drug-likeness (QED) is 0.662. The lowest BCUT2D eigenvalue weighted by atomic mass is 10.1. The van der Waals surface area contributed by atoms with E-state index in [1.54, 1.807) is 6.20 Å². The van der Waals surface area contributed by atoms with Gasteiger partial charge in [-0.15, -0.1) is 0 Å². The zero-order chi connectivity index (χ0) is 19.6. The van der Waals surface area contributed by atoms with Crippen LogP contribution in [0.5, 0.6) is 0 Å². The first-order valence-electron chi connectivity index (χ1n) is 9.21. The lowest BCUT2D eigenvalue weighted by molar-refractivity contribution is 0.600. The maximum absolute atomic E-state index is 12.3. The molecule has 0 radical (unpaired) electrons. The fourth-order valence-electron chi connectivity index (χ4n) is 3.04. The van der Waals surface area contributed by atoms with Gasteiger partial charge in [0.25, 0.3) is 0 Å². The number of benzene rings is 2. The van der Waals surface area contributed by atoms with Gasteiger partial charge >= 0.3 is 0 Å². The third kappa shape index (κ3) is 4.14. The molecule has 1 aliphatic carbocycles. The standard InChI is InChI=1S/C21H22N4O2S/c1-25(18-5-3-2-4-6-18)15-16-7-9-17(10-8-16)20-21(23-14-13-22-20)24-28(26,27)19-11-12-19/h2-10,13-14,19H,11-12,15H2,1H3,(H,23,24). The smallest absolute Gasteiger partial charge is 0.236 e. The highest BCUT2D eigenvalue weighted by Crippen LogP contribution is 2.31. The van der Waals surface area contributed by atoms with Crippen molar-refractivity contribution in [2.45, 2.75) is 24.6 Å². The van der Waals surface area contributed by atoms with Crippen molar-refractivity contribution in [1.29, 1.82) is 0 Å². The molecule has 1 heterocycles. The van der Waals surface area contributed by atoms with Crippen molar-refractivity contribution < 1.29 is 8.42 Å². The number of aromatic nitrogens is 2. The highest BCUT2D eigenvalue weighted by atomic mass is 32.2. The average molecular weight is 395 g/mol. The fourth-order valence-corrected chi connectivity index (χ4v) is 4.38. The summed E-state index contributed by atoms with van der Waals surface area (Å²) in [6.45, 7) is 0.770. The molecule has 1 aliphatic rings. The van der Waals surface area contributed by atoms with E-state index in [1.807, 2.05) is 42.5 Å². The molecule has 0 bridgehead atoms. The Morgan fingerprint density at radius 2 is 1.68 bits per heavy atom. The maximum Gasteiger partial charge on any atom is 0.236 e. The highest BCUT2D eigenvalue weighted by molar-refractivity contribution is 7.93. The summed E-state index contributed by atoms with van der Waals surface area (Å²) >= 11 is 0. The number of hydrogen-bond acceptors (Lipinski definition) is 5. The van der Waals surface area contributed by atoms with Gasteiger partial charge in [0, 0.05) is 37.2 Å². The average Bonchev–Trinajstić information content (AvgIpc) is 3.56. The predicted octanol–water partition coefficient (Wildman–Crippen LogP) is 3.68. The molecule has 4 rings (SSSR count). The molecule has 3 aromatic rings. The van der Waals surface area contributed by atoms with Gasteiger partial charge in [-0.1, -0.05) is 42.5 Å². The molecule has 0 unspecified atom stereocenters. The van der Waals surface area contributed by atoms with E-state index in [2.05, 4.69) is 38.8 Å². The molecule has 1 N–H and O–H groups in total. The summed E-state index contributed by atoms with van der Waals surface area (Å²) in [6, 6.07) is 18.2. The first-order valence-corrected chi connectivity index (χ1v) is 10.8. The Morgan fingerprint density at radius 1 is 1.00 bits per heavy atom. The van der Waals surface area contributed by atoms with E-state index in [0.29, 0.717) is 18.5 Å². The van der Waals surface area contributed by atoms with Crippen molar-refractivity contribution in [1.82, 2.24) is 9.97 Å². The van der Waals surface area contributed by atoms with Crippen LogP contribution in [0.4, 0.5) is 11.5 Å². The van der Waals surface area contributed by atoms with Crippen molar-refractivity contribution >= 4 is 21.5 Å². The molecule has 1 fully saturated rings. The fraction of sp³-hybridized carbons (Fsp3) is 0.238. The summed E-state index contributed by atoms with van der Waals surface area (Å²) in [5, 5.41) is -0.307. The van der Waals surface area contributed by atoms with E-state index < -0.39 is 10.0 Å². The number of nitrogens with zero attached hydrogens (tertiary/aromatic N) is 3. The molecule has 0 spiro atoms. The molecule has 0 saturated heterocycles. The number of sulfonamides is 1. The highest BCUT2D eigenvalue weighted by Gasteiger charge is 2.36. The lowest BCUT2D eigenvalue weighted by Crippen LogP contribution is -2.19. The monoisotopic (exact) mass is 394 g/mol. The Kier molecular flexibility index (Phi) is 5.00. The summed E-state index contributed by atoms with van der Waals surface area (Å²) in [4.78, 5) is 10.7. The topological polar surface area (TPSA) is 75.2 Å². The summed E-state index contributed by atoms with van der Waals surface area (Å²) in [6.07, 6.45) is 4.47. The molecular formula is C21H22N4O2S. The number of rotatable bonds is 7. The Labute approximate surface area is 165 Å². The van der Waals surface area contributed by atoms with Gasteiger partial charge < -0.3 is 4.90 Å². The van der Waals surface area contributed by atoms with Crippen LogP contribution in [0.25, 0.3) is 11.3 Å². The lowest BCUT2D eigenvalue weighted by Gasteiger charge is -2.19. The predicted molar refractivity (Wildman–Crippen MR) is 112 cm³/mol. The summed E-state index contributed by atoms with van der Waals surface area (Å²) in [5.74, 6) is 0.281. The molecule has 6 nitrogen and oxygen atoms in total. The molecule has 28 heavy (non-hydrogen) atoms. The van der Waals surface area contributed by atoms with E-state index >= 15 is 0 Å². The molecular weight excluding hydrogens is 372 g/mol. The van der Waals surface area contributed by atoms with Gasteiger partial charge in [-0.05, 0) is 30.5 Å². The number of hydrogen-bond donors (Lipinski definition) is 1. The van der Waals surface area contributed by atoms with Gasteiger partial charge in [-0.3, -0.25) is 9.71 Å². The van der Waals surface area contributed by atoms with E-state index in [9.17, 15) is 8.42 Å². The summed E-state index contributed by atoms with van der Waals surface area (Å²) < 4.78 is 27.1. The number of para-hydroxylation sites is 1. The van der Waals surface area contributed by atoms with Crippen molar-refractivity contribution in [2.75, 3.05) is 16.7 Å². The van der Waals surface area contributed by atoms with Gasteiger partial charge in [0.05, 0.1) is 5.25 Å². The van der Waals surface area contributed by atoms with Crippen LogP contribution in [0.2, 0.25) is 0 Å². The molecule has 1 aromatic heterocycles. The first kappa shape index (κ1) is 18.4. The second-order valence-corrected chi connectivity index (χ2v) is 8.95. The van der Waals surface area contributed by atoms with Crippen molar-refractivity contribution in [3.8, 4) is 11.3 Å². The van der Waals surface area contributed by atoms with Crippen LogP contribution in [-0.2, 0) is 16.6 Å². The van der Waals surface area contributed by atoms with Crippen molar-refractivity contribution in [3.05, 3.63) is 72.6 Å². The van der Waals surface area contributed by atoms with Crippen molar-refractivity contribution in [3.63, 3.8) is 0 Å². The van der Waals surface area contributed by atoms with Crippen LogP contribution in [0.3, 0.4) is 0 Å². The summed E-state index contributed by atoms with van der Waals surface area (Å²) in [5.41, 5.74) is 3.67. The molecule has 2 aromatic carbocycles. The van der Waals surface area contributed by atoms with Gasteiger partial charge in [0.15, 0.2) is 5.82 Å². The Hall–Kier alpha value is -2.93. The molecule has 0 amide bonds. The molecule has 144 valence electrons. The number of anilines is 2. The second kappa shape index (κ2) is 7.59. The molecule has 7 heteroatoms. The largest absolute Gasteiger partial charge is 0.370 e. The van der Waals surface area contributed by atoms with Gasteiger partial charge in [-0.25, -0.2) is 13.4 Å². The first-order chi connectivity index (χ1) is 13.5. The van der Waals surface area contributed by atoms with Gasteiger partial charge in [0.2, 0.25) is 10.0 Å². The third-order valence-corrected chi connectivity index (χ3v) is 6.57. The van der Waals surface area contributed by atoms with Crippen LogP contribution in [0.15, 0.2) is 67.0 Å². The Bertz CT molecular complexity index is 1050. The summed E-state index contributed by atoms with van der Waals surface area (Å²) in [7, 11) is -1.33. The Balaban J connectivity index is 1.53. The Morgan fingerprint density at radius 3 is 2.36 bits per heavy atom. The minimum Gasteiger partial charge on any atom is -0.370 e. The minimum atomic E-state index is -3.38. The van der Waals surface area contributed by atoms with Crippen LogP contribution in [0, 0.1) is 0 Å². The van der Waals surface area contributed by atoms with E-state index in [-0.39, 0.29) is 11.1 Å². The van der Waals surface area contributed by atoms with Gasteiger partial charge in [0.1, 0.15) is 5.69 Å². The van der Waals surface area contributed by atoms with E-state index in [0.717, 1.165) is 23.4 Å². The zero-order valence-corrected chi connectivity index (χ0v) is 16.4. The minimum absolute atomic E-state index is 0.281. The molecule has 0 atom stereocenters. The van der Waals surface area contributed by atoms with E-state index in [1.165, 1.54) is 6.20 Å². The zero-order valence-electron chi connectivity index (χ0n) is 15.6. The van der Waals surface area contributed by atoms with Crippen LogP contribution in [-0.4, -0.2) is 30.7 Å². The van der Waals surface area contributed by atoms with Crippen molar-refractivity contribution in [2.24, 2.45) is 0 Å². The van der Waals surface area contributed by atoms with Gasteiger partial charge in [-0.2, -0.15) is 0 Å². The van der Waals surface area contributed by atoms with E-state index in [4.69, 9.17) is 0 Å². The number of nitrogens with one attached hydrogen (secondary N) is 1. The van der Waals surface area contributed by atoms with Crippen LogP contribution in [0.1, 0.15) is 18.4 Å². The normalized spacial score (nSPS) is 13.9. The third-order valence-electron chi connectivity index (χ3n) is 4.74. The SMILES string of the molecule is CN(Cc1ccc(-c2nccnc2NS(=O)(=O)C2CC2)cc1)c1ccccc1.